The van der Waals surface area contributed by atoms with Crippen molar-refractivity contribution in [3.05, 3.63) is 75.8 Å². The van der Waals surface area contributed by atoms with Gasteiger partial charge in [-0.2, -0.15) is 5.10 Å². The first-order chi connectivity index (χ1) is 11.0. The molecule has 0 amide bonds. The summed E-state index contributed by atoms with van der Waals surface area (Å²) in [7, 11) is 0. The predicted molar refractivity (Wildman–Crippen MR) is 89.2 cm³/mol. The first-order valence-corrected chi connectivity index (χ1v) is 7.30. The summed E-state index contributed by atoms with van der Waals surface area (Å²) in [6.45, 7) is 2.69. The molecule has 2 aromatic rings. The summed E-state index contributed by atoms with van der Waals surface area (Å²) in [5, 5.41) is 26.4. The van der Waals surface area contributed by atoms with Crippen LogP contribution in [0.15, 0.2) is 59.7 Å². The van der Waals surface area contributed by atoms with E-state index in [1.165, 1.54) is 12.1 Å². The second kappa shape index (κ2) is 8.05. The molecule has 0 aliphatic carbocycles. The van der Waals surface area contributed by atoms with E-state index in [2.05, 4.69) is 5.10 Å². The molecular formula is C17H19N3O3. The van der Waals surface area contributed by atoms with Crippen molar-refractivity contribution in [2.45, 2.75) is 19.6 Å². The minimum atomic E-state index is -0.507. The predicted octanol–water partition coefficient (Wildman–Crippen LogP) is 2.81. The number of nitrogens with zero attached hydrogens (tertiary/aromatic N) is 3. The van der Waals surface area contributed by atoms with Crippen LogP contribution in [0.25, 0.3) is 0 Å². The Kier molecular flexibility index (Phi) is 5.82. The monoisotopic (exact) mass is 313 g/mol. The van der Waals surface area contributed by atoms with Gasteiger partial charge in [-0.05, 0) is 30.2 Å². The summed E-state index contributed by atoms with van der Waals surface area (Å²) in [5.74, 6) is 0. The molecule has 0 spiro atoms. The molecule has 0 radical (unpaired) electrons. The Labute approximate surface area is 134 Å². The molecule has 2 aromatic carbocycles. The second-order valence-corrected chi connectivity index (χ2v) is 5.27. The summed E-state index contributed by atoms with van der Waals surface area (Å²) in [5.41, 5.74) is 1.90. The summed E-state index contributed by atoms with van der Waals surface area (Å²) in [6, 6.07) is 16.0. The Hall–Kier alpha value is -2.73. The Morgan fingerprint density at radius 3 is 2.43 bits per heavy atom. The largest absolute Gasteiger partial charge is 0.392 e. The van der Waals surface area contributed by atoms with E-state index in [9.17, 15) is 15.2 Å². The van der Waals surface area contributed by atoms with Gasteiger partial charge in [-0.1, -0.05) is 30.3 Å². The maximum absolute atomic E-state index is 10.6. The van der Waals surface area contributed by atoms with Crippen molar-refractivity contribution in [3.63, 3.8) is 0 Å². The first kappa shape index (κ1) is 16.6. The van der Waals surface area contributed by atoms with Crippen molar-refractivity contribution in [1.29, 1.82) is 0 Å². The Morgan fingerprint density at radius 2 is 1.87 bits per heavy atom. The van der Waals surface area contributed by atoms with Crippen LogP contribution < -0.4 is 0 Å². The fraction of sp³-hybridized carbons (Fsp3) is 0.235. The second-order valence-electron chi connectivity index (χ2n) is 5.27. The molecule has 1 atom stereocenters. The van der Waals surface area contributed by atoms with Crippen LogP contribution in [-0.2, 0) is 6.54 Å². The Morgan fingerprint density at radius 1 is 1.22 bits per heavy atom. The molecule has 0 aliphatic rings. The van der Waals surface area contributed by atoms with Crippen LogP contribution in [0.1, 0.15) is 18.1 Å². The van der Waals surface area contributed by atoms with E-state index in [1.54, 1.807) is 30.3 Å². The average molecular weight is 313 g/mol. The van der Waals surface area contributed by atoms with Gasteiger partial charge in [0.05, 0.1) is 30.3 Å². The van der Waals surface area contributed by atoms with Gasteiger partial charge in [0.1, 0.15) is 0 Å². The summed E-state index contributed by atoms with van der Waals surface area (Å²) in [4.78, 5) is 10.2. The molecule has 0 fully saturated rings. The molecular weight excluding hydrogens is 294 g/mol. The highest BCUT2D eigenvalue weighted by molar-refractivity contribution is 5.79. The SMILES string of the molecule is CC(O)CN(Cc1ccccc1)/N=C\c1ccc([N+](=O)[O-])cc1. The first-order valence-electron chi connectivity index (χ1n) is 7.30. The van der Waals surface area contributed by atoms with Crippen LogP contribution in [0.2, 0.25) is 0 Å². The quantitative estimate of drug-likeness (QED) is 0.484. The molecule has 0 aliphatic heterocycles. The summed E-state index contributed by atoms with van der Waals surface area (Å²) < 4.78 is 0. The highest BCUT2D eigenvalue weighted by Crippen LogP contribution is 2.11. The Bertz CT molecular complexity index is 655. The van der Waals surface area contributed by atoms with Crippen LogP contribution in [0.5, 0.6) is 0 Å². The Balaban J connectivity index is 2.08. The van der Waals surface area contributed by atoms with E-state index in [1.807, 2.05) is 30.3 Å². The van der Waals surface area contributed by atoms with Crippen molar-refractivity contribution in [2.24, 2.45) is 5.10 Å². The number of hydrazone groups is 1. The van der Waals surface area contributed by atoms with Crippen LogP contribution >= 0.6 is 0 Å². The topological polar surface area (TPSA) is 79.0 Å². The summed E-state index contributed by atoms with van der Waals surface area (Å²) in [6.07, 6.45) is 1.13. The molecule has 0 saturated heterocycles. The molecule has 6 heteroatoms. The number of hydrogen-bond acceptors (Lipinski definition) is 5. The molecule has 1 unspecified atom stereocenters. The molecule has 2 rings (SSSR count). The van der Waals surface area contributed by atoms with Gasteiger partial charge in [0.25, 0.3) is 5.69 Å². The fourth-order valence-corrected chi connectivity index (χ4v) is 2.08. The van der Waals surface area contributed by atoms with Gasteiger partial charge in [0, 0.05) is 12.1 Å². The lowest BCUT2D eigenvalue weighted by Crippen LogP contribution is -2.26. The van der Waals surface area contributed by atoms with Crippen LogP contribution in [-0.4, -0.2) is 33.9 Å². The fourth-order valence-electron chi connectivity index (χ4n) is 2.08. The van der Waals surface area contributed by atoms with E-state index in [-0.39, 0.29) is 5.69 Å². The molecule has 0 aromatic heterocycles. The highest BCUT2D eigenvalue weighted by atomic mass is 16.6. The zero-order valence-corrected chi connectivity index (χ0v) is 12.9. The number of benzene rings is 2. The van der Waals surface area contributed by atoms with Gasteiger partial charge in [-0.15, -0.1) is 0 Å². The summed E-state index contributed by atoms with van der Waals surface area (Å²) >= 11 is 0. The maximum atomic E-state index is 10.6. The normalized spacial score (nSPS) is 12.3. The molecule has 0 heterocycles. The molecule has 0 saturated carbocycles. The van der Waals surface area contributed by atoms with Crippen molar-refractivity contribution in [3.8, 4) is 0 Å². The van der Waals surface area contributed by atoms with Crippen LogP contribution in [0, 0.1) is 10.1 Å². The lowest BCUT2D eigenvalue weighted by molar-refractivity contribution is -0.384. The average Bonchev–Trinajstić information content (AvgIpc) is 2.53. The van der Waals surface area contributed by atoms with Crippen molar-refractivity contribution in [1.82, 2.24) is 5.01 Å². The lowest BCUT2D eigenvalue weighted by atomic mass is 10.2. The van der Waals surface area contributed by atoms with Gasteiger partial charge < -0.3 is 5.11 Å². The number of nitro groups is 1. The van der Waals surface area contributed by atoms with E-state index >= 15 is 0 Å². The van der Waals surface area contributed by atoms with E-state index in [4.69, 9.17) is 0 Å². The molecule has 0 bridgehead atoms. The minimum Gasteiger partial charge on any atom is -0.392 e. The molecule has 6 nitrogen and oxygen atoms in total. The van der Waals surface area contributed by atoms with E-state index in [0.29, 0.717) is 13.1 Å². The number of aliphatic hydroxyl groups excluding tert-OH is 1. The third-order valence-corrected chi connectivity index (χ3v) is 3.16. The lowest BCUT2D eigenvalue weighted by Gasteiger charge is -2.20. The van der Waals surface area contributed by atoms with Gasteiger partial charge in [0.2, 0.25) is 0 Å². The third-order valence-electron chi connectivity index (χ3n) is 3.16. The van der Waals surface area contributed by atoms with Gasteiger partial charge in [0.15, 0.2) is 0 Å². The number of nitro benzene ring substituents is 1. The van der Waals surface area contributed by atoms with Gasteiger partial charge in [-0.3, -0.25) is 15.1 Å². The number of hydrogen-bond donors (Lipinski definition) is 1. The standard InChI is InChI=1S/C17H19N3O3/c1-14(21)12-19(13-16-5-3-2-4-6-16)18-11-15-7-9-17(10-8-15)20(22)23/h2-11,14,21H,12-13H2,1H3/b18-11-. The van der Waals surface area contributed by atoms with Crippen molar-refractivity contribution in [2.75, 3.05) is 6.54 Å². The number of aliphatic hydroxyl groups is 1. The van der Waals surface area contributed by atoms with E-state index < -0.39 is 11.0 Å². The molecule has 120 valence electrons. The van der Waals surface area contributed by atoms with Crippen molar-refractivity contribution >= 4 is 11.9 Å². The highest BCUT2D eigenvalue weighted by Gasteiger charge is 2.07. The minimum absolute atomic E-state index is 0.0484. The number of non-ortho nitro benzene ring substituents is 1. The van der Waals surface area contributed by atoms with Crippen LogP contribution in [0.4, 0.5) is 5.69 Å². The van der Waals surface area contributed by atoms with Crippen LogP contribution in [0.3, 0.4) is 0 Å². The molecule has 1 N–H and O–H groups in total. The van der Waals surface area contributed by atoms with Gasteiger partial charge >= 0.3 is 0 Å². The maximum Gasteiger partial charge on any atom is 0.269 e. The zero-order valence-electron chi connectivity index (χ0n) is 12.9. The van der Waals surface area contributed by atoms with Crippen molar-refractivity contribution < 1.29 is 10.0 Å². The smallest absolute Gasteiger partial charge is 0.269 e. The zero-order chi connectivity index (χ0) is 16.7. The third kappa shape index (κ3) is 5.52. The van der Waals surface area contributed by atoms with Gasteiger partial charge in [-0.25, -0.2) is 0 Å². The molecule has 23 heavy (non-hydrogen) atoms. The number of rotatable bonds is 7. The van der Waals surface area contributed by atoms with E-state index in [0.717, 1.165) is 11.1 Å².